The fourth-order valence-electron chi connectivity index (χ4n) is 7.13. The molecule has 0 unspecified atom stereocenters. The maximum atomic E-state index is 13.2. The Kier molecular flexibility index (Phi) is 6.77. The molecule has 3 aliphatic carbocycles. The number of ketones is 1. The van der Waals surface area contributed by atoms with Crippen molar-refractivity contribution in [3.63, 3.8) is 0 Å². The molecule has 0 aromatic heterocycles. The van der Waals surface area contributed by atoms with Gasteiger partial charge in [0.25, 0.3) is 0 Å². The number of Topliss-reactive ketones (excluding diaryl/α,β-unsaturated/α-hetero) is 1. The van der Waals surface area contributed by atoms with Crippen molar-refractivity contribution >= 4 is 11.8 Å². The van der Waals surface area contributed by atoms with Crippen LogP contribution in [-0.4, -0.2) is 92.7 Å². The third-order valence-corrected chi connectivity index (χ3v) is 9.02. The van der Waals surface area contributed by atoms with E-state index >= 15 is 0 Å². The van der Waals surface area contributed by atoms with Crippen molar-refractivity contribution in [2.24, 2.45) is 5.92 Å². The molecule has 1 N–H and O–H groups in total. The SMILES string of the molecule is COCCOCCOCCC(=O)Oc1ccc2c3c1O[C@H]1C(=O)CC[C@@]4(O)[C@@H](C2)N(CC2CC2)CC[C@]314. The Morgan fingerprint density at radius 3 is 2.70 bits per heavy atom. The zero-order valence-corrected chi connectivity index (χ0v) is 21.5. The van der Waals surface area contributed by atoms with Crippen LogP contribution in [0.1, 0.15) is 49.7 Å². The van der Waals surface area contributed by atoms with E-state index in [2.05, 4.69) is 4.90 Å². The number of piperidine rings is 1. The molecular formula is C28H37NO8. The van der Waals surface area contributed by atoms with Gasteiger partial charge < -0.3 is 28.8 Å². The Balaban J connectivity index is 1.18. The summed E-state index contributed by atoms with van der Waals surface area (Å²) in [6, 6.07) is 3.75. The lowest BCUT2D eigenvalue weighted by Crippen LogP contribution is -2.76. The van der Waals surface area contributed by atoms with E-state index in [1.165, 1.54) is 12.8 Å². The molecular weight excluding hydrogens is 478 g/mol. The average molecular weight is 516 g/mol. The molecule has 9 heteroatoms. The Morgan fingerprint density at radius 2 is 1.92 bits per heavy atom. The molecule has 1 aromatic rings. The molecule has 37 heavy (non-hydrogen) atoms. The van der Waals surface area contributed by atoms with Crippen LogP contribution in [0.5, 0.6) is 11.5 Å². The summed E-state index contributed by atoms with van der Waals surface area (Å²) in [4.78, 5) is 28.3. The van der Waals surface area contributed by atoms with Gasteiger partial charge in [0.15, 0.2) is 23.4 Å². The van der Waals surface area contributed by atoms with Crippen LogP contribution in [0.4, 0.5) is 0 Å². The van der Waals surface area contributed by atoms with E-state index < -0.39 is 23.1 Å². The molecule has 2 heterocycles. The highest BCUT2D eigenvalue weighted by atomic mass is 16.6. The lowest BCUT2D eigenvalue weighted by molar-refractivity contribution is -0.188. The molecule has 1 aromatic carbocycles. The molecule has 0 radical (unpaired) electrons. The van der Waals surface area contributed by atoms with E-state index in [1.54, 1.807) is 13.2 Å². The number of nitrogens with zero attached hydrogens (tertiary/aromatic N) is 1. The highest BCUT2D eigenvalue weighted by molar-refractivity contribution is 5.90. The van der Waals surface area contributed by atoms with Crippen molar-refractivity contribution in [2.45, 2.75) is 68.1 Å². The van der Waals surface area contributed by atoms with Gasteiger partial charge in [-0.2, -0.15) is 0 Å². The second kappa shape index (κ2) is 9.93. The number of hydrogen-bond acceptors (Lipinski definition) is 9. The summed E-state index contributed by atoms with van der Waals surface area (Å²) in [5, 5.41) is 12.3. The van der Waals surface area contributed by atoms with Crippen molar-refractivity contribution < 1.29 is 38.4 Å². The van der Waals surface area contributed by atoms with E-state index in [0.29, 0.717) is 63.6 Å². The first-order chi connectivity index (χ1) is 18.0. The number of likely N-dealkylation sites (tertiary alicyclic amines) is 1. The largest absolute Gasteiger partial charge is 0.477 e. The molecule has 202 valence electrons. The molecule has 2 bridgehead atoms. The number of esters is 1. The quantitative estimate of drug-likeness (QED) is 0.254. The molecule has 6 rings (SSSR count). The number of carbonyl (C=O) groups excluding carboxylic acids is 2. The maximum absolute atomic E-state index is 13.2. The lowest BCUT2D eigenvalue weighted by Gasteiger charge is -2.62. The molecule has 3 fully saturated rings. The van der Waals surface area contributed by atoms with Gasteiger partial charge in [-0.05, 0) is 56.2 Å². The van der Waals surface area contributed by atoms with Gasteiger partial charge in [0.2, 0.25) is 0 Å². The van der Waals surface area contributed by atoms with Gasteiger partial charge in [-0.3, -0.25) is 14.5 Å². The summed E-state index contributed by atoms with van der Waals surface area (Å²) in [5.41, 5.74) is 0.187. The van der Waals surface area contributed by atoms with Crippen LogP contribution in [-0.2, 0) is 35.6 Å². The Labute approximate surface area is 217 Å². The van der Waals surface area contributed by atoms with Crippen molar-refractivity contribution in [2.75, 3.05) is 53.2 Å². The summed E-state index contributed by atoms with van der Waals surface area (Å²) in [5.74, 6) is 1.11. The first-order valence-electron chi connectivity index (χ1n) is 13.6. The fraction of sp³-hybridized carbons (Fsp3) is 0.714. The van der Waals surface area contributed by atoms with Crippen LogP contribution in [0, 0.1) is 5.92 Å². The molecule has 9 nitrogen and oxygen atoms in total. The molecule has 1 spiro atoms. The summed E-state index contributed by atoms with van der Waals surface area (Å²) in [7, 11) is 1.62. The molecule has 2 aliphatic heterocycles. The first-order valence-corrected chi connectivity index (χ1v) is 13.6. The molecule has 2 saturated carbocycles. The number of rotatable bonds is 12. The number of methoxy groups -OCH3 is 1. The third kappa shape index (κ3) is 4.19. The first kappa shape index (κ1) is 25.2. The van der Waals surface area contributed by atoms with Crippen LogP contribution in [0.15, 0.2) is 12.1 Å². The summed E-state index contributed by atoms with van der Waals surface area (Å²) < 4.78 is 27.8. The molecule has 5 aliphatic rings. The monoisotopic (exact) mass is 515 g/mol. The van der Waals surface area contributed by atoms with E-state index in [1.807, 2.05) is 6.07 Å². The highest BCUT2D eigenvalue weighted by Gasteiger charge is 2.73. The second-order valence-corrected chi connectivity index (χ2v) is 11.1. The van der Waals surface area contributed by atoms with Gasteiger partial charge in [-0.25, -0.2) is 0 Å². The zero-order chi connectivity index (χ0) is 25.6. The number of hydrogen-bond donors (Lipinski definition) is 1. The highest BCUT2D eigenvalue weighted by Crippen LogP contribution is 2.65. The van der Waals surface area contributed by atoms with Crippen molar-refractivity contribution in [3.8, 4) is 11.5 Å². The van der Waals surface area contributed by atoms with E-state index in [-0.39, 0.29) is 24.9 Å². The number of ether oxygens (including phenoxy) is 5. The van der Waals surface area contributed by atoms with E-state index in [0.717, 1.165) is 30.1 Å². The minimum absolute atomic E-state index is 0.0245. The van der Waals surface area contributed by atoms with Crippen LogP contribution >= 0.6 is 0 Å². The van der Waals surface area contributed by atoms with Crippen LogP contribution in [0.3, 0.4) is 0 Å². The minimum Gasteiger partial charge on any atom is -0.477 e. The normalized spacial score (nSPS) is 31.7. The smallest absolute Gasteiger partial charge is 0.313 e. The average Bonchev–Trinajstić information content (AvgIpc) is 3.62. The fourth-order valence-corrected chi connectivity index (χ4v) is 7.13. The molecule has 1 saturated heterocycles. The Bertz CT molecular complexity index is 1060. The van der Waals surface area contributed by atoms with E-state index in [4.69, 9.17) is 23.7 Å². The summed E-state index contributed by atoms with van der Waals surface area (Å²) in [6.07, 6.45) is 4.03. The topological polar surface area (TPSA) is 104 Å². The zero-order valence-electron chi connectivity index (χ0n) is 21.5. The van der Waals surface area contributed by atoms with Gasteiger partial charge in [-0.1, -0.05) is 6.07 Å². The summed E-state index contributed by atoms with van der Waals surface area (Å²) >= 11 is 0. The van der Waals surface area contributed by atoms with Gasteiger partial charge in [0.1, 0.15) is 0 Å². The van der Waals surface area contributed by atoms with E-state index in [9.17, 15) is 14.7 Å². The number of benzene rings is 1. The minimum atomic E-state index is -1.03. The summed E-state index contributed by atoms with van der Waals surface area (Å²) in [6.45, 7) is 3.92. The van der Waals surface area contributed by atoms with Crippen molar-refractivity contribution in [1.29, 1.82) is 0 Å². The van der Waals surface area contributed by atoms with Crippen LogP contribution in [0.25, 0.3) is 0 Å². The number of aliphatic hydroxyl groups is 1. The van der Waals surface area contributed by atoms with Crippen LogP contribution in [0.2, 0.25) is 0 Å². The maximum Gasteiger partial charge on any atom is 0.313 e. The Hall–Kier alpha value is -2.04. The number of carbonyl (C=O) groups is 2. The van der Waals surface area contributed by atoms with Crippen LogP contribution < -0.4 is 9.47 Å². The second-order valence-electron chi connectivity index (χ2n) is 11.1. The lowest BCUT2D eigenvalue weighted by atomic mass is 9.49. The van der Waals surface area contributed by atoms with Gasteiger partial charge >= 0.3 is 5.97 Å². The predicted molar refractivity (Wildman–Crippen MR) is 132 cm³/mol. The van der Waals surface area contributed by atoms with Gasteiger partial charge in [0, 0.05) is 31.7 Å². The third-order valence-electron chi connectivity index (χ3n) is 9.02. The van der Waals surface area contributed by atoms with Gasteiger partial charge in [0.05, 0.1) is 50.5 Å². The standard InChI is InChI=1S/C28H37NO8/c1-33-12-13-35-15-14-34-11-7-23(31)36-21-5-4-19-16-22-28(32)8-6-20(30)26-27(28,24(19)25(21)37-26)9-10-29(22)17-18-2-3-18/h4-5,18,22,26,32H,2-3,6-17H2,1H3/t22-,26+,27+,28-/m1/s1. The molecule has 4 atom stereocenters. The Morgan fingerprint density at radius 1 is 1.14 bits per heavy atom. The van der Waals surface area contributed by atoms with Crippen molar-refractivity contribution in [3.05, 3.63) is 23.3 Å². The molecule has 0 amide bonds. The van der Waals surface area contributed by atoms with Gasteiger partial charge in [-0.15, -0.1) is 0 Å². The van der Waals surface area contributed by atoms with Crippen molar-refractivity contribution in [1.82, 2.24) is 4.90 Å². The predicted octanol–water partition coefficient (Wildman–Crippen LogP) is 1.79.